The average Bonchev–Trinajstić information content (AvgIpc) is 2.52. The molecule has 0 aliphatic heterocycles. The fraction of sp³-hybridized carbons (Fsp3) is 0.571. The first-order valence-corrected chi connectivity index (χ1v) is 8.09. The molecule has 0 amide bonds. The minimum Gasteiger partial charge on any atom is -0.330 e. The Hall–Kier alpha value is 0.890. The second-order valence-corrected chi connectivity index (χ2v) is 8.26. The lowest BCUT2D eigenvalue weighted by molar-refractivity contribution is 1.14. The Morgan fingerprint density at radius 2 is 1.43 bits per heavy atom. The lowest BCUT2D eigenvalue weighted by atomic mass is 10.8. The lowest BCUT2D eigenvalue weighted by Crippen LogP contribution is -2.01. The summed E-state index contributed by atoms with van der Waals surface area (Å²) in [7, 11) is 0. The van der Waals surface area contributed by atoms with Gasteiger partial charge in [-0.3, -0.25) is 0 Å². The molecule has 0 radical (unpaired) electrons. The van der Waals surface area contributed by atoms with Crippen molar-refractivity contribution in [2.45, 2.75) is 8.42 Å². The molecule has 0 atom stereocenters. The summed E-state index contributed by atoms with van der Waals surface area (Å²) in [5, 5.41) is 0. The van der Waals surface area contributed by atoms with Crippen molar-refractivity contribution < 1.29 is 0 Å². The van der Waals surface area contributed by atoms with Crippen LogP contribution in [0.15, 0.2) is 8.42 Å². The minimum atomic E-state index is 0.709. The predicted octanol–water partition coefficient (Wildman–Crippen LogP) is 2.64. The van der Waals surface area contributed by atoms with Crippen LogP contribution >= 0.6 is 58.4 Å². The molecule has 0 saturated heterocycles. The maximum Gasteiger partial charge on any atom is 0.145 e. The van der Waals surface area contributed by atoms with E-state index in [1.165, 1.54) is 8.42 Å². The van der Waals surface area contributed by atoms with Gasteiger partial charge in [-0.15, -0.1) is 46.2 Å². The normalized spacial score (nSPS) is 10.7. The average molecular weight is 285 g/mol. The van der Waals surface area contributed by atoms with Gasteiger partial charge >= 0.3 is 0 Å². The third-order valence-corrected chi connectivity index (χ3v) is 6.87. The van der Waals surface area contributed by atoms with Crippen LogP contribution in [0.5, 0.6) is 0 Å². The van der Waals surface area contributed by atoms with Crippen LogP contribution in [0.25, 0.3) is 0 Å². The second kappa shape index (κ2) is 7.21. The summed E-state index contributed by atoms with van der Waals surface area (Å²) in [6, 6.07) is 0. The van der Waals surface area contributed by atoms with Gasteiger partial charge in [0.2, 0.25) is 0 Å². The first kappa shape index (κ1) is 13.0. The summed E-state index contributed by atoms with van der Waals surface area (Å²) < 4.78 is 3.61. The van der Waals surface area contributed by atoms with E-state index < -0.39 is 0 Å². The molecule has 0 aromatic carbocycles. The van der Waals surface area contributed by atoms with Crippen molar-refractivity contribution in [1.82, 2.24) is 0 Å². The van der Waals surface area contributed by atoms with Gasteiger partial charge in [0.1, 0.15) is 3.14 Å². The van der Waals surface area contributed by atoms with Crippen LogP contribution in [0.3, 0.4) is 0 Å². The molecule has 14 heavy (non-hydrogen) atoms. The fourth-order valence-electron chi connectivity index (χ4n) is 0.736. The summed E-state index contributed by atoms with van der Waals surface area (Å²) in [5.41, 5.74) is 10.9. The molecule has 0 fully saturated rings. The van der Waals surface area contributed by atoms with Crippen LogP contribution in [0.1, 0.15) is 0 Å². The number of nitrogens with two attached hydrogens (primary N) is 2. The maximum absolute atomic E-state index is 5.47. The monoisotopic (exact) mass is 284 g/mol. The maximum atomic E-state index is 5.47. The standard InChI is InChI=1S/C7H12N2S5/c8-1-3-11-5-6(12-4-2-9)14-7(10)13-5/h1-4,8-9H2. The molecule has 0 spiro atoms. The summed E-state index contributed by atoms with van der Waals surface area (Å²) >= 11 is 12.1. The molecule has 0 aliphatic carbocycles. The molecular weight excluding hydrogens is 272 g/mol. The highest BCUT2D eigenvalue weighted by atomic mass is 32.2. The van der Waals surface area contributed by atoms with Gasteiger partial charge in [-0.05, 0) is 0 Å². The molecule has 0 saturated carbocycles. The van der Waals surface area contributed by atoms with Crippen LogP contribution in [-0.4, -0.2) is 24.6 Å². The SMILES string of the molecule is NCCSc1sc(=S)sc1SCCN. The Bertz CT molecular complexity index is 290. The number of thioether (sulfide) groups is 2. The highest BCUT2D eigenvalue weighted by Gasteiger charge is 2.07. The minimum absolute atomic E-state index is 0.709. The van der Waals surface area contributed by atoms with E-state index in [0.29, 0.717) is 13.1 Å². The molecule has 0 unspecified atom stereocenters. The highest BCUT2D eigenvalue weighted by molar-refractivity contribution is 8.05. The molecule has 1 heterocycles. The molecule has 7 heteroatoms. The van der Waals surface area contributed by atoms with E-state index in [4.69, 9.17) is 23.7 Å². The van der Waals surface area contributed by atoms with Gasteiger partial charge in [0.25, 0.3) is 0 Å². The van der Waals surface area contributed by atoms with E-state index in [0.717, 1.165) is 14.6 Å². The molecule has 1 aromatic rings. The predicted molar refractivity (Wildman–Crippen MR) is 72.6 cm³/mol. The number of rotatable bonds is 6. The Morgan fingerprint density at radius 1 is 1.00 bits per heavy atom. The van der Waals surface area contributed by atoms with Crippen molar-refractivity contribution in [1.29, 1.82) is 0 Å². The van der Waals surface area contributed by atoms with Crippen molar-refractivity contribution in [2.24, 2.45) is 11.5 Å². The Morgan fingerprint density at radius 3 is 1.79 bits per heavy atom. The van der Waals surface area contributed by atoms with Crippen molar-refractivity contribution in [3.8, 4) is 0 Å². The van der Waals surface area contributed by atoms with Crippen molar-refractivity contribution in [2.75, 3.05) is 24.6 Å². The Balaban J connectivity index is 2.64. The van der Waals surface area contributed by atoms with Crippen LogP contribution in [0, 0.1) is 3.14 Å². The van der Waals surface area contributed by atoms with E-state index in [1.54, 1.807) is 46.2 Å². The van der Waals surface area contributed by atoms with Gasteiger partial charge in [-0.2, -0.15) is 0 Å². The smallest absolute Gasteiger partial charge is 0.145 e. The Labute approximate surface area is 105 Å². The highest BCUT2D eigenvalue weighted by Crippen LogP contribution is 2.40. The second-order valence-electron chi connectivity index (χ2n) is 2.30. The van der Waals surface area contributed by atoms with Crippen LogP contribution in [-0.2, 0) is 0 Å². The third-order valence-electron chi connectivity index (χ3n) is 1.22. The number of hydrogen-bond acceptors (Lipinski definition) is 7. The molecule has 1 rings (SSSR count). The Kier molecular flexibility index (Phi) is 6.67. The van der Waals surface area contributed by atoms with Crippen LogP contribution in [0.2, 0.25) is 0 Å². The molecule has 0 bridgehead atoms. The van der Waals surface area contributed by atoms with Gasteiger partial charge in [0.15, 0.2) is 0 Å². The van der Waals surface area contributed by atoms with Crippen LogP contribution in [0.4, 0.5) is 0 Å². The summed E-state index contributed by atoms with van der Waals surface area (Å²) in [6.07, 6.45) is 0. The van der Waals surface area contributed by atoms with Gasteiger partial charge < -0.3 is 11.5 Å². The summed E-state index contributed by atoms with van der Waals surface area (Å²) in [4.78, 5) is 0. The molecular formula is C7H12N2S5. The molecule has 80 valence electrons. The lowest BCUT2D eigenvalue weighted by Gasteiger charge is -1.99. The van der Waals surface area contributed by atoms with Crippen LogP contribution < -0.4 is 11.5 Å². The van der Waals surface area contributed by atoms with Crippen molar-refractivity contribution >= 4 is 58.4 Å². The first-order chi connectivity index (χ1) is 6.77. The zero-order valence-corrected chi connectivity index (χ0v) is 11.6. The van der Waals surface area contributed by atoms with Gasteiger partial charge in [0.05, 0.1) is 8.42 Å². The van der Waals surface area contributed by atoms with E-state index in [1.807, 2.05) is 0 Å². The van der Waals surface area contributed by atoms with Gasteiger partial charge in [0, 0.05) is 24.6 Å². The zero-order chi connectivity index (χ0) is 10.4. The third kappa shape index (κ3) is 4.18. The zero-order valence-electron chi connectivity index (χ0n) is 7.52. The van der Waals surface area contributed by atoms with Gasteiger partial charge in [-0.25, -0.2) is 0 Å². The van der Waals surface area contributed by atoms with E-state index >= 15 is 0 Å². The van der Waals surface area contributed by atoms with E-state index in [9.17, 15) is 0 Å². The molecule has 2 nitrogen and oxygen atoms in total. The fourth-order valence-corrected chi connectivity index (χ4v) is 6.53. The first-order valence-electron chi connectivity index (χ1n) is 4.07. The molecule has 1 aromatic heterocycles. The quantitative estimate of drug-likeness (QED) is 0.621. The molecule has 0 aliphatic rings. The topological polar surface area (TPSA) is 52.0 Å². The van der Waals surface area contributed by atoms with Crippen molar-refractivity contribution in [3.63, 3.8) is 0 Å². The largest absolute Gasteiger partial charge is 0.330 e. The molecule has 4 N–H and O–H groups in total. The van der Waals surface area contributed by atoms with E-state index in [-0.39, 0.29) is 0 Å². The van der Waals surface area contributed by atoms with E-state index in [2.05, 4.69) is 0 Å². The summed E-state index contributed by atoms with van der Waals surface area (Å²) in [6.45, 7) is 1.42. The van der Waals surface area contributed by atoms with Crippen molar-refractivity contribution in [3.05, 3.63) is 3.14 Å². The van der Waals surface area contributed by atoms with Gasteiger partial charge in [-0.1, -0.05) is 12.2 Å². The number of hydrogen-bond donors (Lipinski definition) is 2. The summed E-state index contributed by atoms with van der Waals surface area (Å²) in [5.74, 6) is 1.91.